The third-order valence-electron chi connectivity index (χ3n) is 13.1. The minimum atomic E-state index is -0.707. The fourth-order valence-corrected chi connectivity index (χ4v) is 9.34. The van der Waals surface area contributed by atoms with Crippen molar-refractivity contribution in [3.8, 4) is 34.4 Å². The summed E-state index contributed by atoms with van der Waals surface area (Å²) in [4.78, 5) is 30.8. The van der Waals surface area contributed by atoms with Crippen LogP contribution < -0.4 is 16.0 Å². The van der Waals surface area contributed by atoms with Crippen LogP contribution in [0.2, 0.25) is 0 Å². The van der Waals surface area contributed by atoms with Gasteiger partial charge >= 0.3 is 0 Å². The molecule has 0 amide bonds. The Balaban J connectivity index is 0.000000177. The Kier molecular flexibility index (Phi) is 15.3. The van der Waals surface area contributed by atoms with Gasteiger partial charge in [0.05, 0.1) is 29.1 Å². The summed E-state index contributed by atoms with van der Waals surface area (Å²) in [5.41, 5.74) is 5.31. The summed E-state index contributed by atoms with van der Waals surface area (Å²) < 4.78 is 31.3. The average molecular weight is 957 g/mol. The van der Waals surface area contributed by atoms with E-state index in [-0.39, 0.29) is 23.7 Å². The number of aromatic nitrogens is 8. The summed E-state index contributed by atoms with van der Waals surface area (Å²) in [5, 5.41) is 20.4. The first kappa shape index (κ1) is 48.8. The molecule has 366 valence electrons. The first-order chi connectivity index (χ1) is 34.4. The Morgan fingerprint density at radius 1 is 0.592 bits per heavy atom. The van der Waals surface area contributed by atoms with Crippen molar-refractivity contribution in [2.75, 3.05) is 43.4 Å². The summed E-state index contributed by atoms with van der Waals surface area (Å²) in [5.74, 6) is 4.11. The number of rotatable bonds is 14. The Morgan fingerprint density at radius 3 is 1.44 bits per heavy atom. The lowest BCUT2D eigenvalue weighted by molar-refractivity contribution is 0.0280. The largest absolute Gasteiger partial charge is 0.389 e. The van der Waals surface area contributed by atoms with Crippen LogP contribution in [0.1, 0.15) is 99.8 Å². The lowest BCUT2D eigenvalue weighted by Gasteiger charge is -2.34. The van der Waals surface area contributed by atoms with Crippen molar-refractivity contribution in [2.24, 2.45) is 0 Å². The van der Waals surface area contributed by atoms with Gasteiger partial charge in [-0.1, -0.05) is 60.7 Å². The maximum absolute atomic E-state index is 13.7. The van der Waals surface area contributed by atoms with Crippen LogP contribution in [0.4, 0.5) is 20.7 Å². The van der Waals surface area contributed by atoms with E-state index in [0.717, 1.165) is 103 Å². The summed E-state index contributed by atoms with van der Waals surface area (Å²) in [6.45, 7) is 12.3. The topological polar surface area (TPSA) is 147 Å². The maximum Gasteiger partial charge on any atom is 0.225 e. The van der Waals surface area contributed by atoms with Crippen LogP contribution in [0, 0.1) is 11.6 Å². The van der Waals surface area contributed by atoms with Gasteiger partial charge in [0, 0.05) is 54.3 Å². The molecule has 15 heteroatoms. The van der Waals surface area contributed by atoms with Crippen LogP contribution in [0.25, 0.3) is 34.4 Å². The molecule has 0 saturated carbocycles. The molecule has 0 aliphatic carbocycles. The molecule has 0 radical (unpaired) electrons. The van der Waals surface area contributed by atoms with E-state index in [1.54, 1.807) is 36.7 Å². The van der Waals surface area contributed by atoms with Crippen molar-refractivity contribution >= 4 is 11.9 Å². The molecule has 4 N–H and O–H groups in total. The number of nitrogens with one attached hydrogen (secondary N) is 3. The molecule has 2 atom stereocenters. The molecular weight excluding hydrogens is 895 g/mol. The molecule has 71 heavy (non-hydrogen) atoms. The standard InChI is InChI=1S/C30H35FN6O.C26H27FN6/c1-21(22-7-5-4-6-8-22)33-29-32-16-13-27(35-29)37-19-26(34-28(37)24-9-11-25(31)12-10-24)23-14-17-36(18-15-23)20-30(2,3)38;1-18(19-5-3-2-4-6-19)30-26-29-16-13-24(32-26)33-17-23(20-11-14-28-15-12-20)31-25(33)21-7-9-22(27)10-8-21/h4-13,16,19,21,23,38H,14-15,17-18,20H2,1-3H3,(H,32,33,35);2-10,13,16-18,20,28H,11-12,14-15H2,1H3,(H,29,30,32)/t21-;18-/m00/s1. The van der Waals surface area contributed by atoms with Crippen LogP contribution in [0.15, 0.2) is 146 Å². The van der Waals surface area contributed by atoms with Crippen LogP contribution >= 0.6 is 0 Å². The van der Waals surface area contributed by atoms with Gasteiger partial charge in [0.25, 0.3) is 0 Å². The summed E-state index contributed by atoms with van der Waals surface area (Å²) >= 11 is 0. The fourth-order valence-electron chi connectivity index (χ4n) is 9.34. The average Bonchev–Trinajstić information content (AvgIpc) is 4.05. The van der Waals surface area contributed by atoms with Gasteiger partial charge in [0.1, 0.15) is 34.9 Å². The Hall–Kier alpha value is -7.20. The number of benzene rings is 4. The molecule has 2 aliphatic rings. The molecule has 6 heterocycles. The van der Waals surface area contributed by atoms with Crippen molar-refractivity contribution in [3.05, 3.63) is 180 Å². The van der Waals surface area contributed by atoms with Crippen molar-refractivity contribution in [3.63, 3.8) is 0 Å². The number of β-amino-alcohol motifs (C(OH)–C–C–N with tert-alkyl or cyclic N) is 1. The van der Waals surface area contributed by atoms with Crippen LogP contribution in [-0.2, 0) is 0 Å². The number of hydrogen-bond donors (Lipinski definition) is 4. The lowest BCUT2D eigenvalue weighted by atomic mass is 9.93. The Bertz CT molecular complexity index is 2940. The van der Waals surface area contributed by atoms with Crippen LogP contribution in [0.5, 0.6) is 0 Å². The zero-order chi connectivity index (χ0) is 49.3. The smallest absolute Gasteiger partial charge is 0.225 e. The molecule has 0 bridgehead atoms. The molecule has 0 spiro atoms. The van der Waals surface area contributed by atoms with Gasteiger partial charge in [-0.3, -0.25) is 9.13 Å². The fraction of sp³-hybridized carbons (Fsp3) is 0.321. The van der Waals surface area contributed by atoms with Crippen LogP contribution in [-0.4, -0.2) is 87.4 Å². The normalized spacial score (nSPS) is 15.6. The molecule has 2 saturated heterocycles. The monoisotopic (exact) mass is 957 g/mol. The van der Waals surface area contributed by atoms with E-state index in [1.807, 2.05) is 71.5 Å². The number of hydrogen-bond acceptors (Lipinski definition) is 11. The molecule has 4 aromatic heterocycles. The highest BCUT2D eigenvalue weighted by molar-refractivity contribution is 5.60. The minimum Gasteiger partial charge on any atom is -0.389 e. The highest BCUT2D eigenvalue weighted by atomic mass is 19.1. The van der Waals surface area contributed by atoms with E-state index < -0.39 is 5.60 Å². The van der Waals surface area contributed by atoms with Crippen molar-refractivity contribution in [1.29, 1.82) is 0 Å². The van der Waals surface area contributed by atoms with Gasteiger partial charge in [0.15, 0.2) is 0 Å². The van der Waals surface area contributed by atoms with Gasteiger partial charge in [0.2, 0.25) is 11.9 Å². The Morgan fingerprint density at radius 2 is 1.01 bits per heavy atom. The quantitative estimate of drug-likeness (QED) is 0.0826. The number of likely N-dealkylation sites (tertiary alicyclic amines) is 1. The third-order valence-corrected chi connectivity index (χ3v) is 13.1. The zero-order valence-electron chi connectivity index (χ0n) is 40.8. The SMILES string of the molecule is C[C@H](Nc1nccc(-n2cc(C3CCN(CC(C)(C)O)CC3)nc2-c2ccc(F)cc2)n1)c1ccccc1.C[C@H](Nc1nccc(-n2cc(C3CCNCC3)nc2-c2ccc(F)cc2)n1)c1ccccc1. The number of nitrogens with zero attached hydrogens (tertiary/aromatic N) is 9. The predicted molar refractivity (Wildman–Crippen MR) is 276 cm³/mol. The van der Waals surface area contributed by atoms with E-state index in [0.29, 0.717) is 36.1 Å². The first-order valence-electron chi connectivity index (χ1n) is 24.6. The second-order valence-corrected chi connectivity index (χ2v) is 19.1. The highest BCUT2D eigenvalue weighted by Crippen LogP contribution is 2.33. The highest BCUT2D eigenvalue weighted by Gasteiger charge is 2.28. The van der Waals surface area contributed by atoms with Crippen molar-refractivity contribution < 1.29 is 13.9 Å². The second-order valence-electron chi connectivity index (χ2n) is 19.1. The first-order valence-corrected chi connectivity index (χ1v) is 24.6. The van der Waals surface area contributed by atoms with Gasteiger partial charge in [-0.2, -0.15) is 9.97 Å². The van der Waals surface area contributed by atoms with Gasteiger partial charge < -0.3 is 26.0 Å². The number of imidazole rings is 2. The molecule has 13 nitrogen and oxygen atoms in total. The molecule has 10 rings (SSSR count). The minimum absolute atomic E-state index is 0.0375. The summed E-state index contributed by atoms with van der Waals surface area (Å²) in [6, 6.07) is 37.1. The number of halogens is 2. The molecule has 2 aliphatic heterocycles. The van der Waals surface area contributed by atoms with E-state index >= 15 is 0 Å². The van der Waals surface area contributed by atoms with E-state index in [2.05, 4.69) is 81.3 Å². The lowest BCUT2D eigenvalue weighted by Crippen LogP contribution is -2.42. The van der Waals surface area contributed by atoms with E-state index in [9.17, 15) is 13.9 Å². The zero-order valence-corrected chi connectivity index (χ0v) is 40.8. The summed E-state index contributed by atoms with van der Waals surface area (Å²) in [6.07, 6.45) is 11.6. The maximum atomic E-state index is 13.7. The van der Waals surface area contributed by atoms with E-state index in [4.69, 9.17) is 19.9 Å². The molecule has 0 unspecified atom stereocenters. The molecular formula is C56H62F2N12O. The van der Waals surface area contributed by atoms with E-state index in [1.165, 1.54) is 24.3 Å². The number of anilines is 2. The van der Waals surface area contributed by atoms with Crippen molar-refractivity contribution in [1.82, 2.24) is 49.3 Å². The number of aliphatic hydroxyl groups is 1. The van der Waals surface area contributed by atoms with Gasteiger partial charge in [-0.15, -0.1) is 0 Å². The summed E-state index contributed by atoms with van der Waals surface area (Å²) in [7, 11) is 0. The molecule has 2 fully saturated rings. The Labute approximate surface area is 414 Å². The molecule has 8 aromatic rings. The van der Waals surface area contributed by atoms with Crippen molar-refractivity contribution in [2.45, 2.75) is 82.9 Å². The van der Waals surface area contributed by atoms with Crippen LogP contribution in [0.3, 0.4) is 0 Å². The molecule has 4 aromatic carbocycles. The second kappa shape index (κ2) is 22.3. The third kappa shape index (κ3) is 12.6. The van der Waals surface area contributed by atoms with Gasteiger partial charge in [-0.05, 0) is 151 Å². The predicted octanol–water partition coefficient (Wildman–Crippen LogP) is 10.7. The number of piperidine rings is 2. The van der Waals surface area contributed by atoms with Gasteiger partial charge in [-0.25, -0.2) is 28.7 Å².